The minimum absolute atomic E-state index is 0.103. The molecule has 0 aromatic heterocycles. The molecule has 1 amide bonds. The van der Waals surface area contributed by atoms with Crippen LogP contribution in [0.1, 0.15) is 5.56 Å². The number of carbonyl (C=O) groups is 2. The van der Waals surface area contributed by atoms with Gasteiger partial charge in [-0.1, -0.05) is 36.1 Å². The first kappa shape index (κ1) is 15.1. The second kappa shape index (κ2) is 6.02. The lowest BCUT2D eigenvalue weighted by molar-refractivity contribution is -0.384. The maximum absolute atomic E-state index is 12.0. The lowest BCUT2D eigenvalue weighted by atomic mass is 10.2. The quantitative estimate of drug-likeness (QED) is 0.345. The second-order valence-corrected chi connectivity index (χ2v) is 5.67. The van der Waals surface area contributed by atoms with Crippen molar-refractivity contribution < 1.29 is 19.6 Å². The van der Waals surface area contributed by atoms with Crippen LogP contribution in [0.15, 0.2) is 29.2 Å². The topological polar surface area (TPSA) is 104 Å². The van der Waals surface area contributed by atoms with Gasteiger partial charge in [0, 0.05) is 12.1 Å². The molecular weight excluding hydrogens is 316 g/mol. The Morgan fingerprint density at radius 2 is 2.19 bits per heavy atom. The molecule has 0 radical (unpaired) electrons. The van der Waals surface area contributed by atoms with Gasteiger partial charge < -0.3 is 9.90 Å². The van der Waals surface area contributed by atoms with E-state index in [9.17, 15) is 24.8 Å². The molecule has 0 aliphatic carbocycles. The first-order valence-corrected chi connectivity index (χ1v) is 6.80. The predicted molar refractivity (Wildman–Crippen MR) is 78.0 cm³/mol. The highest BCUT2D eigenvalue weighted by Crippen LogP contribution is 2.32. The number of carboxylic acids is 1. The molecule has 21 heavy (non-hydrogen) atoms. The van der Waals surface area contributed by atoms with Crippen molar-refractivity contribution in [3.8, 4) is 0 Å². The average molecular weight is 323 g/mol. The van der Waals surface area contributed by atoms with Crippen LogP contribution < -0.4 is 5.11 Å². The Morgan fingerprint density at radius 3 is 2.81 bits per heavy atom. The van der Waals surface area contributed by atoms with Crippen molar-refractivity contribution in [2.45, 2.75) is 0 Å². The molecule has 1 aliphatic heterocycles. The van der Waals surface area contributed by atoms with Crippen molar-refractivity contribution in [2.75, 3.05) is 6.54 Å². The summed E-state index contributed by atoms with van der Waals surface area (Å²) in [4.78, 5) is 33.8. The number of aliphatic carboxylic acids is 1. The maximum Gasteiger partial charge on any atom is 0.270 e. The Bertz CT molecular complexity index is 686. The van der Waals surface area contributed by atoms with Gasteiger partial charge in [-0.05, 0) is 11.6 Å². The zero-order valence-corrected chi connectivity index (χ0v) is 12.0. The third-order valence-corrected chi connectivity index (χ3v) is 3.92. The van der Waals surface area contributed by atoms with Crippen LogP contribution in [0.3, 0.4) is 0 Å². The SMILES string of the molecule is O=C([O-])CN1C(=O)/C(=C\c2cccc([N+](=O)[O-])c2)SC1=S. The van der Waals surface area contributed by atoms with Crippen molar-refractivity contribution in [1.82, 2.24) is 4.90 Å². The molecule has 1 aliphatic rings. The molecule has 0 bridgehead atoms. The number of rotatable bonds is 4. The van der Waals surface area contributed by atoms with Crippen LogP contribution in [0.25, 0.3) is 6.08 Å². The van der Waals surface area contributed by atoms with Gasteiger partial charge in [0.05, 0.1) is 22.3 Å². The Labute approximate surface area is 128 Å². The fraction of sp³-hybridized carbons (Fsp3) is 0.0833. The van der Waals surface area contributed by atoms with Gasteiger partial charge >= 0.3 is 0 Å². The number of benzene rings is 1. The minimum Gasteiger partial charge on any atom is -0.548 e. The summed E-state index contributed by atoms with van der Waals surface area (Å²) in [5, 5.41) is 21.3. The summed E-state index contributed by atoms with van der Waals surface area (Å²) in [6.07, 6.45) is 1.43. The van der Waals surface area contributed by atoms with Crippen LogP contribution in [0.2, 0.25) is 0 Å². The zero-order chi connectivity index (χ0) is 15.6. The van der Waals surface area contributed by atoms with E-state index in [1.54, 1.807) is 6.07 Å². The van der Waals surface area contributed by atoms with E-state index in [1.807, 2.05) is 0 Å². The van der Waals surface area contributed by atoms with Crippen molar-refractivity contribution >= 4 is 51.9 Å². The number of thiocarbonyl (C=S) groups is 1. The van der Waals surface area contributed by atoms with E-state index in [2.05, 4.69) is 0 Å². The molecule has 9 heteroatoms. The summed E-state index contributed by atoms with van der Waals surface area (Å²) in [6, 6.07) is 5.73. The standard InChI is InChI=1S/C12H8N2O5S2/c15-10(16)6-13-11(17)9(21-12(13)20)5-7-2-1-3-8(4-7)14(18)19/h1-5H,6H2,(H,15,16)/p-1/b9-5+. The smallest absolute Gasteiger partial charge is 0.270 e. The van der Waals surface area contributed by atoms with Crippen molar-refractivity contribution in [1.29, 1.82) is 0 Å². The van der Waals surface area contributed by atoms with Crippen LogP contribution in [-0.2, 0) is 9.59 Å². The fourth-order valence-electron chi connectivity index (χ4n) is 1.64. The van der Waals surface area contributed by atoms with E-state index < -0.39 is 23.3 Å². The molecule has 2 rings (SSSR count). The number of thioether (sulfide) groups is 1. The fourth-order valence-corrected chi connectivity index (χ4v) is 2.90. The number of nitrogens with zero attached hydrogens (tertiary/aromatic N) is 2. The molecule has 1 fully saturated rings. The summed E-state index contributed by atoms with van der Waals surface area (Å²) in [7, 11) is 0. The summed E-state index contributed by atoms with van der Waals surface area (Å²) >= 11 is 5.87. The van der Waals surface area contributed by atoms with Crippen LogP contribution in [-0.4, -0.2) is 32.6 Å². The van der Waals surface area contributed by atoms with E-state index in [0.29, 0.717) is 5.56 Å². The highest BCUT2D eigenvalue weighted by Gasteiger charge is 2.31. The number of carboxylic acid groups (broad SMARTS) is 1. The number of hydrogen-bond acceptors (Lipinski definition) is 7. The van der Waals surface area contributed by atoms with Crippen molar-refractivity contribution in [2.24, 2.45) is 0 Å². The molecule has 7 nitrogen and oxygen atoms in total. The summed E-state index contributed by atoms with van der Waals surface area (Å²) in [5.74, 6) is -1.97. The lowest BCUT2D eigenvalue weighted by Crippen LogP contribution is -2.40. The number of carbonyl (C=O) groups excluding carboxylic acids is 2. The molecule has 0 N–H and O–H groups in total. The van der Waals surface area contributed by atoms with Gasteiger partial charge in [0.1, 0.15) is 4.32 Å². The first-order valence-electron chi connectivity index (χ1n) is 5.58. The van der Waals surface area contributed by atoms with Gasteiger partial charge in [-0.3, -0.25) is 19.8 Å². The Morgan fingerprint density at radius 1 is 1.48 bits per heavy atom. The highest BCUT2D eigenvalue weighted by atomic mass is 32.2. The third-order valence-electron chi connectivity index (χ3n) is 2.54. The molecule has 1 aromatic carbocycles. The highest BCUT2D eigenvalue weighted by molar-refractivity contribution is 8.26. The molecule has 0 spiro atoms. The molecule has 108 valence electrons. The predicted octanol–water partition coefficient (Wildman–Crippen LogP) is 0.546. The van der Waals surface area contributed by atoms with Crippen molar-refractivity contribution in [3.63, 3.8) is 0 Å². The molecule has 1 heterocycles. The summed E-state index contributed by atoms with van der Waals surface area (Å²) in [6.45, 7) is -0.614. The minimum atomic E-state index is -1.41. The van der Waals surface area contributed by atoms with Crippen LogP contribution in [0.4, 0.5) is 5.69 Å². The monoisotopic (exact) mass is 323 g/mol. The third kappa shape index (κ3) is 3.44. The summed E-state index contributed by atoms with van der Waals surface area (Å²) < 4.78 is 0.112. The van der Waals surface area contributed by atoms with E-state index in [0.717, 1.165) is 16.7 Å². The van der Waals surface area contributed by atoms with Gasteiger partial charge in [-0.2, -0.15) is 0 Å². The Balaban J connectivity index is 2.28. The molecule has 1 saturated heterocycles. The number of hydrogen-bond donors (Lipinski definition) is 0. The van der Waals surface area contributed by atoms with E-state index in [-0.39, 0.29) is 14.9 Å². The van der Waals surface area contributed by atoms with E-state index in [1.165, 1.54) is 24.3 Å². The van der Waals surface area contributed by atoms with E-state index in [4.69, 9.17) is 12.2 Å². The average Bonchev–Trinajstić information content (AvgIpc) is 2.66. The molecular formula is C12H7N2O5S2-. The zero-order valence-electron chi connectivity index (χ0n) is 10.3. The van der Waals surface area contributed by atoms with Crippen LogP contribution >= 0.6 is 24.0 Å². The number of nitro benzene ring substituents is 1. The molecule has 0 saturated carbocycles. The molecule has 0 unspecified atom stereocenters. The van der Waals surface area contributed by atoms with Crippen molar-refractivity contribution in [3.05, 3.63) is 44.8 Å². The largest absolute Gasteiger partial charge is 0.548 e. The number of amides is 1. The second-order valence-electron chi connectivity index (χ2n) is 3.99. The Kier molecular flexibility index (Phi) is 4.34. The van der Waals surface area contributed by atoms with Gasteiger partial charge in [0.2, 0.25) is 0 Å². The molecule has 0 atom stereocenters. The summed E-state index contributed by atoms with van der Waals surface area (Å²) in [5.41, 5.74) is 0.354. The van der Waals surface area contributed by atoms with Crippen LogP contribution in [0.5, 0.6) is 0 Å². The molecule has 1 aromatic rings. The maximum atomic E-state index is 12.0. The van der Waals surface area contributed by atoms with Crippen LogP contribution in [0, 0.1) is 10.1 Å². The first-order chi connectivity index (χ1) is 9.88. The van der Waals surface area contributed by atoms with Gasteiger partial charge in [0.25, 0.3) is 11.6 Å². The number of non-ortho nitro benzene ring substituents is 1. The van der Waals surface area contributed by atoms with Gasteiger partial charge in [0.15, 0.2) is 0 Å². The van der Waals surface area contributed by atoms with Gasteiger partial charge in [-0.15, -0.1) is 0 Å². The normalized spacial score (nSPS) is 16.6. The Hall–Kier alpha value is -2.26. The van der Waals surface area contributed by atoms with Gasteiger partial charge in [-0.25, -0.2) is 0 Å². The van der Waals surface area contributed by atoms with E-state index >= 15 is 0 Å². The lowest BCUT2D eigenvalue weighted by Gasteiger charge is -2.14. The number of nitro groups is 1.